The summed E-state index contributed by atoms with van der Waals surface area (Å²) < 4.78 is 12.8. The molecule has 3 nitrogen and oxygen atoms in total. The van der Waals surface area contributed by atoms with E-state index in [-0.39, 0.29) is 24.1 Å². The Morgan fingerprint density at radius 2 is 1.90 bits per heavy atom. The van der Waals surface area contributed by atoms with Gasteiger partial charge in [0.2, 0.25) is 5.91 Å². The van der Waals surface area contributed by atoms with Crippen molar-refractivity contribution >= 4 is 18.3 Å². The minimum atomic E-state index is -0.259. The molecule has 1 saturated heterocycles. The van der Waals surface area contributed by atoms with Crippen LogP contribution in [0.3, 0.4) is 0 Å². The lowest BCUT2D eigenvalue weighted by molar-refractivity contribution is -0.131. The van der Waals surface area contributed by atoms with Crippen LogP contribution in [-0.4, -0.2) is 37.0 Å². The number of nitrogens with zero attached hydrogens (tertiary/aromatic N) is 1. The molecule has 0 aliphatic carbocycles. The average Bonchev–Trinajstić information content (AvgIpc) is 2.48. The summed E-state index contributed by atoms with van der Waals surface area (Å²) in [5, 5.41) is 3.37. The van der Waals surface area contributed by atoms with Crippen molar-refractivity contribution in [2.45, 2.75) is 26.2 Å². The topological polar surface area (TPSA) is 32.3 Å². The fraction of sp³-hybridized carbons (Fsp3) is 0.562. The number of hydrogen-bond acceptors (Lipinski definition) is 2. The zero-order valence-electron chi connectivity index (χ0n) is 12.5. The van der Waals surface area contributed by atoms with Crippen molar-refractivity contribution in [3.63, 3.8) is 0 Å². The Bertz CT molecular complexity index is 430. The van der Waals surface area contributed by atoms with Crippen molar-refractivity contribution in [3.05, 3.63) is 35.6 Å². The number of amides is 1. The molecule has 0 saturated carbocycles. The van der Waals surface area contributed by atoms with E-state index in [1.807, 2.05) is 4.90 Å². The van der Waals surface area contributed by atoms with Gasteiger partial charge in [0.15, 0.2) is 0 Å². The van der Waals surface area contributed by atoms with Crippen LogP contribution in [0.25, 0.3) is 0 Å². The molecule has 2 rings (SSSR count). The Balaban J connectivity index is 0.00000220. The average molecular weight is 315 g/mol. The number of carbonyl (C=O) groups excluding carboxylic acids is 1. The molecule has 1 aromatic rings. The van der Waals surface area contributed by atoms with Crippen molar-refractivity contribution in [3.8, 4) is 0 Å². The molecule has 0 unspecified atom stereocenters. The van der Waals surface area contributed by atoms with E-state index in [0.717, 1.165) is 44.6 Å². The zero-order chi connectivity index (χ0) is 14.4. The first-order valence-electron chi connectivity index (χ1n) is 7.42. The third kappa shape index (κ3) is 5.64. The number of halogens is 2. The van der Waals surface area contributed by atoms with Crippen molar-refractivity contribution in [2.75, 3.05) is 26.2 Å². The van der Waals surface area contributed by atoms with Crippen LogP contribution < -0.4 is 5.32 Å². The molecule has 1 heterocycles. The Labute approximate surface area is 132 Å². The molecule has 1 aliphatic rings. The maximum absolute atomic E-state index is 12.8. The first-order chi connectivity index (χ1) is 9.69. The van der Waals surface area contributed by atoms with Gasteiger partial charge in [0.25, 0.3) is 0 Å². The van der Waals surface area contributed by atoms with Crippen LogP contribution in [-0.2, 0) is 11.2 Å². The van der Waals surface area contributed by atoms with E-state index in [1.165, 1.54) is 12.1 Å². The van der Waals surface area contributed by atoms with Gasteiger partial charge in [0.05, 0.1) is 6.42 Å². The number of carbonyl (C=O) groups is 1. The van der Waals surface area contributed by atoms with Gasteiger partial charge >= 0.3 is 0 Å². The first-order valence-corrected chi connectivity index (χ1v) is 7.42. The standard InChI is InChI=1S/C16H23FN2O.ClH/c1-2-18-12-14-7-9-19(10-8-14)16(20)11-13-3-5-15(17)6-4-13;/h3-6,14,18H,2,7-12H2,1H3;1H. The number of nitrogens with one attached hydrogen (secondary N) is 1. The van der Waals surface area contributed by atoms with Gasteiger partial charge in [0.1, 0.15) is 5.82 Å². The molecule has 0 radical (unpaired) electrons. The molecule has 118 valence electrons. The number of piperidine rings is 1. The van der Waals surface area contributed by atoms with Crippen molar-refractivity contribution in [1.82, 2.24) is 10.2 Å². The fourth-order valence-electron chi connectivity index (χ4n) is 2.62. The predicted octanol–water partition coefficient (Wildman–Crippen LogP) is 2.64. The summed E-state index contributed by atoms with van der Waals surface area (Å²) >= 11 is 0. The minimum absolute atomic E-state index is 0. The number of rotatable bonds is 5. The van der Waals surface area contributed by atoms with Crippen LogP contribution in [0.5, 0.6) is 0 Å². The molecule has 0 aromatic heterocycles. The Kier molecular flexibility index (Phi) is 7.68. The monoisotopic (exact) mass is 314 g/mol. The lowest BCUT2D eigenvalue weighted by Gasteiger charge is -2.32. The van der Waals surface area contributed by atoms with E-state index in [4.69, 9.17) is 0 Å². The van der Waals surface area contributed by atoms with Gasteiger partial charge in [-0.1, -0.05) is 19.1 Å². The maximum atomic E-state index is 12.8. The van der Waals surface area contributed by atoms with Crippen molar-refractivity contribution in [2.24, 2.45) is 5.92 Å². The van der Waals surface area contributed by atoms with Crippen LogP contribution in [0.15, 0.2) is 24.3 Å². The van der Waals surface area contributed by atoms with Crippen LogP contribution in [0, 0.1) is 11.7 Å². The SMILES string of the molecule is CCNCC1CCN(C(=O)Cc2ccc(F)cc2)CC1.Cl. The molecule has 1 amide bonds. The highest BCUT2D eigenvalue weighted by Crippen LogP contribution is 2.17. The molecule has 1 aromatic carbocycles. The van der Waals surface area contributed by atoms with Crippen LogP contribution >= 0.6 is 12.4 Å². The predicted molar refractivity (Wildman–Crippen MR) is 85.2 cm³/mol. The summed E-state index contributed by atoms with van der Waals surface area (Å²) in [5.41, 5.74) is 0.881. The quantitative estimate of drug-likeness (QED) is 0.906. The van der Waals surface area contributed by atoms with Gasteiger partial charge < -0.3 is 10.2 Å². The Morgan fingerprint density at radius 3 is 2.48 bits per heavy atom. The summed E-state index contributed by atoms with van der Waals surface area (Å²) in [6.07, 6.45) is 2.52. The van der Waals surface area contributed by atoms with Gasteiger partial charge in [-0.15, -0.1) is 12.4 Å². The second kappa shape index (κ2) is 9.00. The van der Waals surface area contributed by atoms with Crippen molar-refractivity contribution < 1.29 is 9.18 Å². The highest BCUT2D eigenvalue weighted by atomic mass is 35.5. The van der Waals surface area contributed by atoms with Gasteiger partial charge in [-0.2, -0.15) is 0 Å². The van der Waals surface area contributed by atoms with E-state index in [2.05, 4.69) is 12.2 Å². The maximum Gasteiger partial charge on any atom is 0.226 e. The molecule has 1 N–H and O–H groups in total. The van der Waals surface area contributed by atoms with Gasteiger partial charge in [0, 0.05) is 13.1 Å². The normalized spacial score (nSPS) is 15.6. The number of likely N-dealkylation sites (tertiary alicyclic amines) is 1. The summed E-state index contributed by atoms with van der Waals surface area (Å²) in [6, 6.07) is 6.19. The Hall–Kier alpha value is -1.13. The van der Waals surface area contributed by atoms with E-state index < -0.39 is 0 Å². The minimum Gasteiger partial charge on any atom is -0.342 e. The fourth-order valence-corrected chi connectivity index (χ4v) is 2.62. The van der Waals surface area contributed by atoms with E-state index in [9.17, 15) is 9.18 Å². The van der Waals surface area contributed by atoms with E-state index in [0.29, 0.717) is 12.3 Å². The summed E-state index contributed by atoms with van der Waals surface area (Å²) in [7, 11) is 0. The van der Waals surface area contributed by atoms with E-state index >= 15 is 0 Å². The molecule has 0 atom stereocenters. The van der Waals surface area contributed by atoms with Gasteiger partial charge in [-0.3, -0.25) is 4.79 Å². The summed E-state index contributed by atoms with van der Waals surface area (Å²) in [6.45, 7) is 5.85. The second-order valence-electron chi connectivity index (χ2n) is 5.44. The smallest absolute Gasteiger partial charge is 0.226 e. The van der Waals surface area contributed by atoms with Gasteiger partial charge in [-0.25, -0.2) is 4.39 Å². The highest BCUT2D eigenvalue weighted by molar-refractivity contribution is 5.85. The van der Waals surface area contributed by atoms with E-state index in [1.54, 1.807) is 12.1 Å². The Morgan fingerprint density at radius 1 is 1.29 bits per heavy atom. The zero-order valence-corrected chi connectivity index (χ0v) is 13.3. The molecule has 0 spiro atoms. The van der Waals surface area contributed by atoms with Crippen molar-refractivity contribution in [1.29, 1.82) is 0 Å². The number of benzene rings is 1. The molecule has 0 bridgehead atoms. The van der Waals surface area contributed by atoms with Crippen LogP contribution in [0.2, 0.25) is 0 Å². The summed E-state index contributed by atoms with van der Waals surface area (Å²) in [4.78, 5) is 14.1. The third-order valence-electron chi connectivity index (χ3n) is 3.92. The van der Waals surface area contributed by atoms with Crippen LogP contribution in [0.1, 0.15) is 25.3 Å². The second-order valence-corrected chi connectivity index (χ2v) is 5.44. The molecule has 21 heavy (non-hydrogen) atoms. The van der Waals surface area contributed by atoms with Crippen LogP contribution in [0.4, 0.5) is 4.39 Å². The lowest BCUT2D eigenvalue weighted by Crippen LogP contribution is -2.41. The molecule has 1 fully saturated rings. The molecule has 5 heteroatoms. The molecular weight excluding hydrogens is 291 g/mol. The van der Waals surface area contributed by atoms with Gasteiger partial charge in [-0.05, 0) is 49.5 Å². The molecule has 1 aliphatic heterocycles. The first kappa shape index (κ1) is 17.9. The number of hydrogen-bond donors (Lipinski definition) is 1. The highest BCUT2D eigenvalue weighted by Gasteiger charge is 2.22. The summed E-state index contributed by atoms with van der Waals surface area (Å²) in [5.74, 6) is 0.578. The third-order valence-corrected chi connectivity index (χ3v) is 3.92. The lowest BCUT2D eigenvalue weighted by atomic mass is 9.96. The molecular formula is C16H24ClFN2O. The largest absolute Gasteiger partial charge is 0.342 e.